The lowest BCUT2D eigenvalue weighted by molar-refractivity contribution is -0.117. The molecule has 1 aliphatic carbocycles. The van der Waals surface area contributed by atoms with Crippen LogP contribution in [-0.2, 0) is 11.3 Å². The normalized spacial score (nSPS) is 18.3. The molecule has 1 heterocycles. The van der Waals surface area contributed by atoms with E-state index in [9.17, 15) is 9.18 Å². The molecule has 1 fully saturated rings. The van der Waals surface area contributed by atoms with Crippen molar-refractivity contribution >= 4 is 39.3 Å². The second-order valence-electron chi connectivity index (χ2n) is 6.60. The molecule has 1 aliphatic rings. The predicted octanol–water partition coefficient (Wildman–Crippen LogP) is 5.23. The van der Waals surface area contributed by atoms with Gasteiger partial charge in [0.2, 0.25) is 5.91 Å². The van der Waals surface area contributed by atoms with Gasteiger partial charge < -0.3 is 5.32 Å². The van der Waals surface area contributed by atoms with Gasteiger partial charge in [-0.15, -0.1) is 0 Å². The Labute approximate surface area is 169 Å². The van der Waals surface area contributed by atoms with Gasteiger partial charge in [0.15, 0.2) is 5.82 Å². The van der Waals surface area contributed by atoms with Gasteiger partial charge in [0, 0.05) is 22.7 Å². The lowest BCUT2D eigenvalue weighted by Gasteiger charge is -2.04. The van der Waals surface area contributed by atoms with Crippen LogP contribution in [0.4, 0.5) is 10.2 Å². The minimum atomic E-state index is -0.279. The number of amides is 1. The third-order valence-corrected chi connectivity index (χ3v) is 5.51. The van der Waals surface area contributed by atoms with Crippen molar-refractivity contribution < 1.29 is 9.18 Å². The van der Waals surface area contributed by atoms with E-state index in [1.54, 1.807) is 29.1 Å². The van der Waals surface area contributed by atoms with Gasteiger partial charge in [-0.25, -0.2) is 4.39 Å². The molecule has 27 heavy (non-hydrogen) atoms. The van der Waals surface area contributed by atoms with Gasteiger partial charge in [-0.05, 0) is 52.0 Å². The van der Waals surface area contributed by atoms with E-state index in [0.29, 0.717) is 20.9 Å². The van der Waals surface area contributed by atoms with Crippen LogP contribution in [0, 0.1) is 11.7 Å². The zero-order chi connectivity index (χ0) is 19.0. The Morgan fingerprint density at radius 2 is 2.00 bits per heavy atom. The van der Waals surface area contributed by atoms with Gasteiger partial charge in [0.05, 0.1) is 11.0 Å². The zero-order valence-corrected chi connectivity index (χ0v) is 16.5. The Morgan fingerprint density at radius 3 is 2.74 bits per heavy atom. The predicted molar refractivity (Wildman–Crippen MR) is 106 cm³/mol. The summed E-state index contributed by atoms with van der Waals surface area (Å²) in [4.78, 5) is 12.5. The van der Waals surface area contributed by atoms with Gasteiger partial charge in [0.25, 0.3) is 0 Å². The summed E-state index contributed by atoms with van der Waals surface area (Å²) in [5.41, 5.74) is 1.65. The van der Waals surface area contributed by atoms with E-state index >= 15 is 0 Å². The van der Waals surface area contributed by atoms with Crippen LogP contribution >= 0.6 is 27.5 Å². The number of anilines is 1. The summed E-state index contributed by atoms with van der Waals surface area (Å²) in [5, 5.41) is 7.91. The van der Waals surface area contributed by atoms with Crippen molar-refractivity contribution in [2.24, 2.45) is 5.92 Å². The molecule has 1 N–H and O–H groups in total. The fraction of sp³-hybridized carbons (Fsp3) is 0.200. The van der Waals surface area contributed by atoms with Crippen LogP contribution in [0.25, 0.3) is 0 Å². The first-order chi connectivity index (χ1) is 13.0. The smallest absolute Gasteiger partial charge is 0.229 e. The van der Waals surface area contributed by atoms with Crippen LogP contribution in [0.2, 0.25) is 5.02 Å². The highest BCUT2D eigenvalue weighted by Crippen LogP contribution is 2.48. The van der Waals surface area contributed by atoms with E-state index in [-0.39, 0.29) is 30.1 Å². The Hall–Kier alpha value is -2.18. The van der Waals surface area contributed by atoms with Gasteiger partial charge in [-0.2, -0.15) is 5.10 Å². The molecule has 4 rings (SSSR count). The van der Waals surface area contributed by atoms with Crippen molar-refractivity contribution in [1.82, 2.24) is 9.78 Å². The van der Waals surface area contributed by atoms with Crippen LogP contribution in [-0.4, -0.2) is 15.7 Å². The fourth-order valence-electron chi connectivity index (χ4n) is 3.14. The van der Waals surface area contributed by atoms with Crippen LogP contribution < -0.4 is 5.32 Å². The van der Waals surface area contributed by atoms with Crippen molar-refractivity contribution in [2.45, 2.75) is 18.9 Å². The average Bonchev–Trinajstić information content (AvgIpc) is 3.37. The van der Waals surface area contributed by atoms with Gasteiger partial charge >= 0.3 is 0 Å². The number of rotatable bonds is 5. The highest BCUT2D eigenvalue weighted by molar-refractivity contribution is 9.10. The van der Waals surface area contributed by atoms with E-state index < -0.39 is 0 Å². The Morgan fingerprint density at radius 1 is 1.26 bits per heavy atom. The summed E-state index contributed by atoms with van der Waals surface area (Å²) >= 11 is 9.32. The van der Waals surface area contributed by atoms with E-state index in [1.165, 1.54) is 6.07 Å². The first-order valence-electron chi connectivity index (χ1n) is 8.54. The average molecular weight is 449 g/mol. The second-order valence-corrected chi connectivity index (χ2v) is 7.89. The summed E-state index contributed by atoms with van der Waals surface area (Å²) in [7, 11) is 0. The molecule has 4 nitrogen and oxygen atoms in total. The molecule has 0 bridgehead atoms. The zero-order valence-electron chi connectivity index (χ0n) is 14.2. The molecular formula is C20H16BrClFN3O. The highest BCUT2D eigenvalue weighted by Gasteiger charge is 2.44. The van der Waals surface area contributed by atoms with E-state index in [0.717, 1.165) is 12.0 Å². The third-order valence-electron chi connectivity index (χ3n) is 4.67. The lowest BCUT2D eigenvalue weighted by Crippen LogP contribution is -2.15. The van der Waals surface area contributed by atoms with Crippen molar-refractivity contribution in [1.29, 1.82) is 0 Å². The van der Waals surface area contributed by atoms with Crippen molar-refractivity contribution in [3.05, 3.63) is 81.2 Å². The van der Waals surface area contributed by atoms with E-state index in [4.69, 9.17) is 11.6 Å². The monoisotopic (exact) mass is 447 g/mol. The van der Waals surface area contributed by atoms with E-state index in [1.807, 2.05) is 24.3 Å². The van der Waals surface area contributed by atoms with Crippen molar-refractivity contribution in [3.63, 3.8) is 0 Å². The lowest BCUT2D eigenvalue weighted by atomic mass is 10.1. The van der Waals surface area contributed by atoms with Gasteiger partial charge in [-0.3, -0.25) is 9.48 Å². The maximum absolute atomic E-state index is 13.8. The van der Waals surface area contributed by atoms with E-state index in [2.05, 4.69) is 26.3 Å². The molecule has 2 aromatic carbocycles. The largest absolute Gasteiger partial charge is 0.308 e. The highest BCUT2D eigenvalue weighted by atomic mass is 79.9. The molecule has 3 aromatic rings. The minimum Gasteiger partial charge on any atom is -0.308 e. The summed E-state index contributed by atoms with van der Waals surface area (Å²) < 4.78 is 16.1. The molecule has 0 spiro atoms. The maximum Gasteiger partial charge on any atom is 0.229 e. The molecule has 0 aliphatic heterocycles. The van der Waals surface area contributed by atoms with Crippen molar-refractivity contribution in [3.8, 4) is 0 Å². The first-order valence-corrected chi connectivity index (χ1v) is 9.71. The van der Waals surface area contributed by atoms with Gasteiger partial charge in [-0.1, -0.05) is 41.9 Å². The minimum absolute atomic E-state index is 0.0632. The number of carbonyl (C=O) groups excluding carboxylic acids is 1. The quantitative estimate of drug-likeness (QED) is 0.581. The Kier molecular flexibility index (Phi) is 5.02. The Balaban J connectivity index is 1.41. The Bertz CT molecular complexity index is 989. The number of hydrogen-bond donors (Lipinski definition) is 1. The molecule has 1 saturated carbocycles. The van der Waals surface area contributed by atoms with Crippen LogP contribution in [0.1, 0.15) is 23.5 Å². The maximum atomic E-state index is 13.8. The van der Waals surface area contributed by atoms with Gasteiger partial charge in [0.1, 0.15) is 5.82 Å². The molecule has 0 radical (unpaired) electrons. The molecule has 1 amide bonds. The standard InChI is InChI=1S/C20H16BrClFN3O/c21-17-11-26(10-13-3-1-2-4-18(13)23)25-19(17)24-20(27)16-9-15(16)12-5-7-14(22)8-6-12/h1-8,11,15-16H,9-10H2,(H,24,25,27). The van der Waals surface area contributed by atoms with Crippen LogP contribution in [0.5, 0.6) is 0 Å². The summed E-state index contributed by atoms with van der Waals surface area (Å²) in [6, 6.07) is 14.2. The topological polar surface area (TPSA) is 46.9 Å². The first kappa shape index (κ1) is 18.2. The summed E-state index contributed by atoms with van der Waals surface area (Å²) in [5.74, 6) is 0.236. The summed E-state index contributed by atoms with van der Waals surface area (Å²) in [6.07, 6.45) is 2.53. The molecule has 7 heteroatoms. The summed E-state index contributed by atoms with van der Waals surface area (Å²) in [6.45, 7) is 0.290. The van der Waals surface area contributed by atoms with Crippen molar-refractivity contribution in [2.75, 3.05) is 5.32 Å². The number of nitrogens with zero attached hydrogens (tertiary/aromatic N) is 2. The molecule has 0 saturated heterocycles. The number of nitrogens with one attached hydrogen (secondary N) is 1. The fourth-order valence-corrected chi connectivity index (χ4v) is 3.68. The number of halogens is 3. The number of carbonyl (C=O) groups is 1. The molecule has 2 atom stereocenters. The molecule has 1 aromatic heterocycles. The second kappa shape index (κ2) is 7.44. The van der Waals surface area contributed by atoms with Crippen LogP contribution in [0.15, 0.2) is 59.2 Å². The molecule has 138 valence electrons. The van der Waals surface area contributed by atoms with Crippen LogP contribution in [0.3, 0.4) is 0 Å². The number of aromatic nitrogens is 2. The molecule has 2 unspecified atom stereocenters. The molecular weight excluding hydrogens is 433 g/mol. The number of hydrogen-bond acceptors (Lipinski definition) is 2. The third kappa shape index (κ3) is 4.06. The SMILES string of the molecule is O=C(Nc1nn(Cc2ccccc2F)cc1Br)C1CC1c1ccc(Cl)cc1. The number of benzene rings is 2.